The second-order valence-electron chi connectivity index (χ2n) is 6.70. The van der Waals surface area contributed by atoms with Crippen molar-refractivity contribution in [2.24, 2.45) is 0 Å². The van der Waals surface area contributed by atoms with Crippen LogP contribution < -0.4 is 0 Å². The molecule has 0 N–H and O–H groups in total. The summed E-state index contributed by atoms with van der Waals surface area (Å²) in [4.78, 5) is 0.359. The molecule has 2 aliphatic rings. The molecule has 0 spiro atoms. The monoisotopic (exact) mass is 372 g/mol. The first-order valence-corrected chi connectivity index (χ1v) is 11.5. The number of hydrogen-bond donors (Lipinski definition) is 0. The number of rotatable bonds is 4. The van der Waals surface area contributed by atoms with Crippen molar-refractivity contribution in [1.29, 1.82) is 0 Å². The lowest BCUT2D eigenvalue weighted by molar-refractivity contribution is 0.239. The van der Waals surface area contributed by atoms with E-state index in [4.69, 9.17) is 0 Å². The molecule has 0 radical (unpaired) electrons. The number of nitrogens with zero attached hydrogens (tertiary/aromatic N) is 2. The molecular weight excluding hydrogens is 348 g/mol. The molecule has 1 heterocycles. The van der Waals surface area contributed by atoms with E-state index in [1.54, 1.807) is 13.1 Å². The summed E-state index contributed by atoms with van der Waals surface area (Å²) in [5.74, 6) is 0. The number of hydrogen-bond acceptors (Lipinski definition) is 4. The Kier molecular flexibility index (Phi) is 4.76. The normalized spacial score (nSPS) is 20.5. The average molecular weight is 373 g/mol. The Morgan fingerprint density at radius 2 is 1.67 bits per heavy atom. The molecule has 134 valence electrons. The molecule has 1 aliphatic carbocycles. The van der Waals surface area contributed by atoms with E-state index in [1.165, 1.54) is 20.4 Å². The van der Waals surface area contributed by atoms with Gasteiger partial charge >= 0.3 is 0 Å². The van der Waals surface area contributed by atoms with Crippen LogP contribution in [0.5, 0.6) is 0 Å². The quantitative estimate of drug-likeness (QED) is 0.796. The molecule has 1 aliphatic heterocycles. The van der Waals surface area contributed by atoms with E-state index >= 15 is 0 Å². The zero-order valence-corrected chi connectivity index (χ0v) is 15.7. The molecule has 0 bridgehead atoms. The van der Waals surface area contributed by atoms with Crippen LogP contribution in [0.4, 0.5) is 0 Å². The highest BCUT2D eigenvalue weighted by molar-refractivity contribution is 7.89. The topological polar surface area (TPSA) is 74.8 Å². The van der Waals surface area contributed by atoms with Crippen molar-refractivity contribution >= 4 is 20.0 Å². The van der Waals surface area contributed by atoms with Crippen LogP contribution in [0.25, 0.3) is 0 Å². The molecule has 8 heteroatoms. The van der Waals surface area contributed by atoms with Crippen LogP contribution in [0.1, 0.15) is 30.4 Å². The van der Waals surface area contributed by atoms with Gasteiger partial charge in [0, 0.05) is 26.2 Å². The largest absolute Gasteiger partial charge is 0.243 e. The first-order valence-electron chi connectivity index (χ1n) is 8.24. The summed E-state index contributed by atoms with van der Waals surface area (Å²) in [6, 6.07) is 5.31. The summed E-state index contributed by atoms with van der Waals surface area (Å²) in [6.45, 7) is 0.702. The van der Waals surface area contributed by atoms with Crippen LogP contribution in [-0.4, -0.2) is 57.9 Å². The van der Waals surface area contributed by atoms with Gasteiger partial charge in [0.15, 0.2) is 0 Å². The molecular formula is C16H24N2O4S2. The van der Waals surface area contributed by atoms with Gasteiger partial charge in [0.05, 0.1) is 11.2 Å². The zero-order chi connectivity index (χ0) is 17.5. The van der Waals surface area contributed by atoms with E-state index in [1.807, 2.05) is 12.1 Å². The number of aryl methyl sites for hydroxylation is 2. The Morgan fingerprint density at radius 1 is 1.04 bits per heavy atom. The molecule has 1 aromatic rings. The number of sulfonamides is 2. The molecule has 24 heavy (non-hydrogen) atoms. The SMILES string of the molecule is CN(C1CCN(S(=O)(=O)c2ccc3c(c2)CCC3)CC1)S(C)(=O)=O. The summed E-state index contributed by atoms with van der Waals surface area (Å²) in [6.07, 6.45) is 5.28. The number of fused-ring (bicyclic) bond motifs is 1. The van der Waals surface area contributed by atoms with Gasteiger partial charge in [-0.05, 0) is 55.4 Å². The zero-order valence-electron chi connectivity index (χ0n) is 14.1. The van der Waals surface area contributed by atoms with Crippen LogP contribution in [0, 0.1) is 0 Å². The Bertz CT molecular complexity index is 826. The predicted octanol–water partition coefficient (Wildman–Crippen LogP) is 1.22. The molecule has 0 amide bonds. The minimum Gasteiger partial charge on any atom is -0.213 e. The van der Waals surface area contributed by atoms with E-state index in [0.29, 0.717) is 30.8 Å². The lowest BCUT2D eigenvalue weighted by atomic mass is 10.1. The van der Waals surface area contributed by atoms with Crippen LogP contribution in [0.3, 0.4) is 0 Å². The first kappa shape index (κ1) is 17.8. The van der Waals surface area contributed by atoms with E-state index < -0.39 is 20.0 Å². The van der Waals surface area contributed by atoms with Gasteiger partial charge in [-0.2, -0.15) is 4.31 Å². The van der Waals surface area contributed by atoms with Gasteiger partial charge in [-0.25, -0.2) is 21.1 Å². The molecule has 0 unspecified atom stereocenters. The average Bonchev–Trinajstić information content (AvgIpc) is 3.01. The third-order valence-electron chi connectivity index (χ3n) is 5.17. The number of piperidine rings is 1. The fourth-order valence-corrected chi connectivity index (χ4v) is 5.85. The van der Waals surface area contributed by atoms with Crippen molar-refractivity contribution in [3.8, 4) is 0 Å². The van der Waals surface area contributed by atoms with Crippen molar-refractivity contribution in [3.05, 3.63) is 29.3 Å². The van der Waals surface area contributed by atoms with E-state index in [2.05, 4.69) is 0 Å². The summed E-state index contributed by atoms with van der Waals surface area (Å²) >= 11 is 0. The third-order valence-corrected chi connectivity index (χ3v) is 8.41. The minimum absolute atomic E-state index is 0.133. The maximum atomic E-state index is 12.9. The maximum absolute atomic E-state index is 12.9. The standard InChI is InChI=1S/C16H24N2O4S2/c1-17(23(2,19)20)15-8-10-18(11-9-15)24(21,22)16-7-6-13-4-3-5-14(13)12-16/h6-7,12,15H,3-5,8-11H2,1-2H3. The van der Waals surface area contributed by atoms with Crippen molar-refractivity contribution in [2.75, 3.05) is 26.4 Å². The van der Waals surface area contributed by atoms with Gasteiger partial charge < -0.3 is 0 Å². The van der Waals surface area contributed by atoms with Gasteiger partial charge in [0.2, 0.25) is 20.0 Å². The summed E-state index contributed by atoms with van der Waals surface area (Å²) in [5, 5.41) is 0. The van der Waals surface area contributed by atoms with Gasteiger partial charge in [-0.15, -0.1) is 0 Å². The number of benzene rings is 1. The second kappa shape index (κ2) is 6.40. The predicted molar refractivity (Wildman–Crippen MR) is 92.9 cm³/mol. The van der Waals surface area contributed by atoms with Crippen LogP contribution in [-0.2, 0) is 32.9 Å². The molecule has 6 nitrogen and oxygen atoms in total. The molecule has 1 saturated heterocycles. The molecule has 1 aromatic carbocycles. The molecule has 3 rings (SSSR count). The summed E-state index contributed by atoms with van der Waals surface area (Å²) in [5.41, 5.74) is 2.39. The van der Waals surface area contributed by atoms with Crippen molar-refractivity contribution < 1.29 is 16.8 Å². The van der Waals surface area contributed by atoms with Crippen LogP contribution in [0.2, 0.25) is 0 Å². The Labute approximate surface area is 144 Å². The first-order chi connectivity index (χ1) is 11.2. The van der Waals surface area contributed by atoms with Gasteiger partial charge in [0.1, 0.15) is 0 Å². The minimum atomic E-state index is -3.50. The van der Waals surface area contributed by atoms with Gasteiger partial charge in [-0.1, -0.05) is 6.07 Å². The Hall–Kier alpha value is -0.960. The molecule has 0 saturated carbocycles. The third kappa shape index (κ3) is 3.37. The summed E-state index contributed by atoms with van der Waals surface area (Å²) in [7, 11) is -5.19. The highest BCUT2D eigenvalue weighted by atomic mass is 32.2. The van der Waals surface area contributed by atoms with Crippen molar-refractivity contribution in [2.45, 2.75) is 43.0 Å². The van der Waals surface area contributed by atoms with E-state index in [-0.39, 0.29) is 6.04 Å². The lowest BCUT2D eigenvalue weighted by Crippen LogP contribution is -2.46. The van der Waals surface area contributed by atoms with Gasteiger partial charge in [0.25, 0.3) is 0 Å². The fourth-order valence-electron chi connectivity index (χ4n) is 3.57. The highest BCUT2D eigenvalue weighted by Crippen LogP contribution is 2.28. The van der Waals surface area contributed by atoms with Crippen LogP contribution >= 0.6 is 0 Å². The maximum Gasteiger partial charge on any atom is 0.243 e. The Balaban J connectivity index is 1.74. The van der Waals surface area contributed by atoms with E-state index in [9.17, 15) is 16.8 Å². The van der Waals surface area contributed by atoms with E-state index in [0.717, 1.165) is 24.8 Å². The summed E-state index contributed by atoms with van der Waals surface area (Å²) < 4.78 is 51.8. The second-order valence-corrected chi connectivity index (χ2v) is 10.7. The lowest BCUT2D eigenvalue weighted by Gasteiger charge is -2.35. The molecule has 1 fully saturated rings. The smallest absolute Gasteiger partial charge is 0.213 e. The molecule has 0 atom stereocenters. The Morgan fingerprint density at radius 3 is 2.29 bits per heavy atom. The van der Waals surface area contributed by atoms with Crippen molar-refractivity contribution in [1.82, 2.24) is 8.61 Å². The molecule has 0 aromatic heterocycles. The van der Waals surface area contributed by atoms with Gasteiger partial charge in [-0.3, -0.25) is 0 Å². The van der Waals surface area contributed by atoms with Crippen LogP contribution in [0.15, 0.2) is 23.1 Å². The van der Waals surface area contributed by atoms with Crippen molar-refractivity contribution in [3.63, 3.8) is 0 Å². The highest BCUT2D eigenvalue weighted by Gasteiger charge is 2.33. The fraction of sp³-hybridized carbons (Fsp3) is 0.625.